The van der Waals surface area contributed by atoms with Crippen LogP contribution in [0.25, 0.3) is 32.7 Å². The van der Waals surface area contributed by atoms with Crippen LogP contribution in [-0.2, 0) is 9.47 Å². The molecule has 0 aliphatic carbocycles. The van der Waals surface area contributed by atoms with Crippen molar-refractivity contribution in [1.29, 1.82) is 0 Å². The second-order valence-electron chi connectivity index (χ2n) is 12.7. The Labute approximate surface area is 318 Å². The van der Waals surface area contributed by atoms with E-state index in [0.29, 0.717) is 22.6 Å². The van der Waals surface area contributed by atoms with Gasteiger partial charge in [0.1, 0.15) is 11.5 Å². The fourth-order valence-corrected chi connectivity index (χ4v) is 5.96. The van der Waals surface area contributed by atoms with Crippen LogP contribution in [0.5, 0.6) is 11.5 Å². The highest BCUT2D eigenvalue weighted by atomic mass is 16.7. The quantitative estimate of drug-likeness (QED) is 0.111. The predicted octanol–water partition coefficient (Wildman–Crippen LogP) is 8.56. The zero-order valence-corrected chi connectivity index (χ0v) is 31.3. The SMILES string of the molecule is COCOc1c(C#CC#Cc2ccc(N(C)C)cc2)cc2ccccc2c1-c1c(OCOC)c(C#CC#Cc2ccc(N(C)C)cc2)cc2ccccc12. The molecular weight excluding hydrogens is 669 g/mol. The van der Waals surface area contributed by atoms with Gasteiger partial charge in [-0.1, -0.05) is 60.4 Å². The van der Waals surface area contributed by atoms with Gasteiger partial charge in [0.2, 0.25) is 0 Å². The number of nitrogens with zero attached hydrogens (tertiary/aromatic N) is 2. The van der Waals surface area contributed by atoms with Crippen LogP contribution in [0.3, 0.4) is 0 Å². The highest BCUT2D eigenvalue weighted by Gasteiger charge is 2.24. The molecule has 0 unspecified atom stereocenters. The van der Waals surface area contributed by atoms with Crippen molar-refractivity contribution in [1.82, 2.24) is 0 Å². The first-order valence-corrected chi connectivity index (χ1v) is 17.3. The van der Waals surface area contributed by atoms with Crippen molar-refractivity contribution in [2.45, 2.75) is 0 Å². The molecule has 0 heterocycles. The van der Waals surface area contributed by atoms with Gasteiger partial charge in [-0.25, -0.2) is 0 Å². The number of methoxy groups -OCH3 is 2. The van der Waals surface area contributed by atoms with Crippen LogP contribution in [0.15, 0.2) is 109 Å². The lowest BCUT2D eigenvalue weighted by Crippen LogP contribution is -2.07. The Morgan fingerprint density at radius 3 is 1.20 bits per heavy atom. The van der Waals surface area contributed by atoms with E-state index in [1.165, 1.54) is 0 Å². The molecule has 6 rings (SSSR count). The Kier molecular flexibility index (Phi) is 12.1. The molecule has 0 fully saturated rings. The Balaban J connectivity index is 1.55. The van der Waals surface area contributed by atoms with Crippen molar-refractivity contribution in [2.75, 3.05) is 65.8 Å². The molecule has 0 radical (unpaired) electrons. The van der Waals surface area contributed by atoms with Crippen molar-refractivity contribution in [3.63, 3.8) is 0 Å². The van der Waals surface area contributed by atoms with Gasteiger partial charge >= 0.3 is 0 Å². The molecule has 6 aromatic rings. The van der Waals surface area contributed by atoms with Gasteiger partial charge in [0.05, 0.1) is 11.1 Å². The van der Waals surface area contributed by atoms with Gasteiger partial charge in [-0.05, 0) is 118 Å². The van der Waals surface area contributed by atoms with Crippen LogP contribution >= 0.6 is 0 Å². The number of ether oxygens (including phenoxy) is 4. The maximum atomic E-state index is 6.42. The molecule has 6 nitrogen and oxygen atoms in total. The predicted molar refractivity (Wildman–Crippen MR) is 221 cm³/mol. The number of hydrogen-bond acceptors (Lipinski definition) is 6. The lowest BCUT2D eigenvalue weighted by molar-refractivity contribution is 0.0500. The van der Waals surface area contributed by atoms with E-state index in [-0.39, 0.29) is 13.6 Å². The van der Waals surface area contributed by atoms with Crippen LogP contribution in [0.4, 0.5) is 11.4 Å². The number of benzene rings is 6. The molecule has 0 atom stereocenters. The Morgan fingerprint density at radius 1 is 0.463 bits per heavy atom. The summed E-state index contributed by atoms with van der Waals surface area (Å²) in [6.45, 7) is 0.00144. The maximum absolute atomic E-state index is 6.42. The van der Waals surface area contributed by atoms with Crippen LogP contribution < -0.4 is 19.3 Å². The average Bonchev–Trinajstić information content (AvgIpc) is 3.19. The monoisotopic (exact) mass is 708 g/mol. The summed E-state index contributed by atoms with van der Waals surface area (Å²) in [4.78, 5) is 4.10. The second-order valence-corrected chi connectivity index (χ2v) is 12.7. The average molecular weight is 709 g/mol. The van der Waals surface area contributed by atoms with Gasteiger partial charge in [-0.3, -0.25) is 0 Å². The molecule has 0 N–H and O–H groups in total. The van der Waals surface area contributed by atoms with E-state index in [2.05, 4.69) is 71.6 Å². The minimum Gasteiger partial charge on any atom is -0.466 e. The molecule has 0 spiro atoms. The minimum atomic E-state index is 0.000719. The van der Waals surface area contributed by atoms with E-state index in [1.807, 2.05) is 123 Å². The Hall–Kier alpha value is -6.80. The fourth-order valence-electron chi connectivity index (χ4n) is 5.96. The summed E-state index contributed by atoms with van der Waals surface area (Å²) in [7, 11) is 11.2. The third kappa shape index (κ3) is 8.62. The summed E-state index contributed by atoms with van der Waals surface area (Å²) in [5, 5.41) is 3.83. The minimum absolute atomic E-state index is 0.000719. The van der Waals surface area contributed by atoms with Gasteiger partial charge in [-0.2, -0.15) is 0 Å². The summed E-state index contributed by atoms with van der Waals surface area (Å²) in [5.74, 6) is 26.2. The van der Waals surface area contributed by atoms with E-state index in [9.17, 15) is 0 Å². The van der Waals surface area contributed by atoms with Crippen molar-refractivity contribution in [3.05, 3.63) is 131 Å². The molecule has 266 valence electrons. The van der Waals surface area contributed by atoms with Crippen molar-refractivity contribution in [2.24, 2.45) is 0 Å². The van der Waals surface area contributed by atoms with Gasteiger partial charge in [-0.15, -0.1) is 0 Å². The van der Waals surface area contributed by atoms with Crippen LogP contribution in [0, 0.1) is 47.4 Å². The second kappa shape index (κ2) is 17.6. The van der Waals surface area contributed by atoms with E-state index in [1.54, 1.807) is 14.2 Å². The number of anilines is 2. The standard InChI is InChI=1S/C48H40N2O4/c1-49(2)41-27-23-35(24-28-41)15-7-9-19-39-31-37-17-11-13-21-43(37)45(47(39)53-33-51-5)46-44-22-14-12-18-38(44)32-40(48(46)54-34-52-6)20-10-8-16-36-25-29-42(30-26-36)50(3)4/h11-14,17-18,21-32H,33-34H2,1-6H3. The van der Waals surface area contributed by atoms with Gasteiger partial charge in [0, 0.05) is 76.0 Å². The third-order valence-electron chi connectivity index (χ3n) is 8.60. The normalized spacial score (nSPS) is 10.1. The zero-order chi connectivity index (χ0) is 37.9. The largest absolute Gasteiger partial charge is 0.466 e. The molecule has 0 saturated heterocycles. The molecule has 0 amide bonds. The summed E-state index contributed by atoms with van der Waals surface area (Å²) in [5.41, 5.74) is 6.85. The zero-order valence-electron chi connectivity index (χ0n) is 31.3. The fraction of sp³-hybridized carbons (Fsp3) is 0.167. The van der Waals surface area contributed by atoms with Crippen LogP contribution in [-0.4, -0.2) is 56.0 Å². The van der Waals surface area contributed by atoms with Crippen molar-refractivity contribution in [3.8, 4) is 70.0 Å². The molecule has 6 aromatic carbocycles. The molecule has 0 saturated carbocycles. The summed E-state index contributed by atoms with van der Waals surface area (Å²) < 4.78 is 23.7. The number of rotatable bonds is 9. The highest BCUT2D eigenvalue weighted by molar-refractivity contribution is 6.11. The van der Waals surface area contributed by atoms with E-state index in [4.69, 9.17) is 18.9 Å². The molecule has 6 heteroatoms. The lowest BCUT2D eigenvalue weighted by Gasteiger charge is -2.21. The number of hydrogen-bond donors (Lipinski definition) is 0. The first kappa shape index (κ1) is 37.0. The van der Waals surface area contributed by atoms with Crippen molar-refractivity contribution >= 4 is 32.9 Å². The van der Waals surface area contributed by atoms with Gasteiger partial charge in [0.25, 0.3) is 0 Å². The molecule has 0 aliphatic rings. The van der Waals surface area contributed by atoms with Crippen LogP contribution in [0.2, 0.25) is 0 Å². The highest BCUT2D eigenvalue weighted by Crippen LogP contribution is 2.48. The molecule has 0 aromatic heterocycles. The summed E-state index contributed by atoms with van der Waals surface area (Å²) in [6, 6.07) is 36.4. The summed E-state index contributed by atoms with van der Waals surface area (Å²) in [6.07, 6.45) is 0. The Bertz CT molecular complexity index is 2360. The van der Waals surface area contributed by atoms with Gasteiger partial charge < -0.3 is 28.7 Å². The molecule has 54 heavy (non-hydrogen) atoms. The van der Waals surface area contributed by atoms with Crippen LogP contribution in [0.1, 0.15) is 22.3 Å². The van der Waals surface area contributed by atoms with E-state index in [0.717, 1.165) is 55.2 Å². The lowest BCUT2D eigenvalue weighted by atomic mass is 9.88. The maximum Gasteiger partial charge on any atom is 0.188 e. The third-order valence-corrected chi connectivity index (χ3v) is 8.60. The van der Waals surface area contributed by atoms with E-state index < -0.39 is 0 Å². The number of fused-ring (bicyclic) bond motifs is 2. The molecule has 0 aliphatic heterocycles. The topological polar surface area (TPSA) is 43.4 Å². The first-order valence-electron chi connectivity index (χ1n) is 17.3. The Morgan fingerprint density at radius 2 is 0.833 bits per heavy atom. The molecule has 0 bridgehead atoms. The molecular formula is C48H40N2O4. The van der Waals surface area contributed by atoms with Gasteiger partial charge in [0.15, 0.2) is 13.6 Å². The van der Waals surface area contributed by atoms with Crippen molar-refractivity contribution < 1.29 is 18.9 Å². The van der Waals surface area contributed by atoms with E-state index >= 15 is 0 Å². The first-order chi connectivity index (χ1) is 26.4. The summed E-state index contributed by atoms with van der Waals surface area (Å²) >= 11 is 0. The smallest absolute Gasteiger partial charge is 0.188 e.